The number of carbonyl (C=O) groups is 3. The minimum absolute atomic E-state index is 0.185. The van der Waals surface area contributed by atoms with Crippen molar-refractivity contribution in [2.24, 2.45) is 5.92 Å². The van der Waals surface area contributed by atoms with Crippen LogP contribution in [0.2, 0.25) is 0 Å². The van der Waals surface area contributed by atoms with Crippen LogP contribution in [0, 0.1) is 33.6 Å². The first-order valence-corrected chi connectivity index (χ1v) is 9.75. The van der Waals surface area contributed by atoms with Gasteiger partial charge in [-0.05, 0) is 68.5 Å². The van der Waals surface area contributed by atoms with Gasteiger partial charge >= 0.3 is 5.97 Å². The van der Waals surface area contributed by atoms with Gasteiger partial charge in [0.25, 0.3) is 5.91 Å². The number of Topliss-reactive ketones (excluding diaryl/α,β-unsaturated/α-hetero) is 1. The van der Waals surface area contributed by atoms with Crippen molar-refractivity contribution in [3.05, 3.63) is 69.8 Å². The van der Waals surface area contributed by atoms with E-state index in [1.165, 1.54) is 0 Å². The number of esters is 1. The molecule has 0 fully saturated rings. The normalized spacial score (nSPS) is 11.8. The Morgan fingerprint density at radius 2 is 1.59 bits per heavy atom. The summed E-state index contributed by atoms with van der Waals surface area (Å²) in [6, 6.07) is 10.1. The van der Waals surface area contributed by atoms with E-state index < -0.39 is 12.0 Å². The van der Waals surface area contributed by atoms with Crippen molar-refractivity contribution < 1.29 is 19.1 Å². The molecule has 2 rings (SSSR count). The summed E-state index contributed by atoms with van der Waals surface area (Å²) in [4.78, 5) is 37.6. The van der Waals surface area contributed by atoms with Crippen molar-refractivity contribution >= 4 is 17.7 Å². The van der Waals surface area contributed by atoms with Crippen LogP contribution in [0.15, 0.2) is 36.4 Å². The second-order valence-corrected chi connectivity index (χ2v) is 7.85. The van der Waals surface area contributed by atoms with Crippen molar-refractivity contribution in [3.63, 3.8) is 0 Å². The zero-order chi connectivity index (χ0) is 21.7. The average molecular weight is 395 g/mol. The largest absolute Gasteiger partial charge is 0.456 e. The lowest BCUT2D eigenvalue weighted by molar-refractivity contribution is -0.145. The quantitative estimate of drug-likeness (QED) is 0.566. The molecule has 1 N–H and O–H groups in total. The van der Waals surface area contributed by atoms with Crippen LogP contribution in [0.1, 0.15) is 56.8 Å². The van der Waals surface area contributed by atoms with Crippen LogP contribution in [0.5, 0.6) is 0 Å². The maximum Gasteiger partial charge on any atom is 0.329 e. The Morgan fingerprint density at radius 1 is 0.931 bits per heavy atom. The summed E-state index contributed by atoms with van der Waals surface area (Å²) in [5.41, 5.74) is 4.94. The van der Waals surface area contributed by atoms with Gasteiger partial charge in [0.05, 0.1) is 0 Å². The fourth-order valence-electron chi connectivity index (χ4n) is 3.07. The lowest BCUT2D eigenvalue weighted by Gasteiger charge is -2.21. The minimum Gasteiger partial charge on any atom is -0.456 e. The molecule has 0 saturated heterocycles. The molecule has 0 aromatic heterocycles. The highest BCUT2D eigenvalue weighted by Gasteiger charge is 2.27. The van der Waals surface area contributed by atoms with Crippen LogP contribution >= 0.6 is 0 Å². The molecule has 154 valence electrons. The molecular weight excluding hydrogens is 366 g/mol. The topological polar surface area (TPSA) is 72.5 Å². The van der Waals surface area contributed by atoms with Crippen LogP contribution in [0.4, 0.5) is 0 Å². The van der Waals surface area contributed by atoms with Crippen LogP contribution in [-0.4, -0.2) is 30.3 Å². The highest BCUT2D eigenvalue weighted by molar-refractivity contribution is 6.00. The van der Waals surface area contributed by atoms with Crippen molar-refractivity contribution in [3.8, 4) is 0 Å². The molecule has 0 aliphatic rings. The molecule has 5 nitrogen and oxygen atoms in total. The monoisotopic (exact) mass is 395 g/mol. The third-order valence-electron chi connectivity index (χ3n) is 4.97. The number of hydrogen-bond donors (Lipinski definition) is 1. The number of nitrogens with one attached hydrogen (secondary N) is 1. The molecule has 29 heavy (non-hydrogen) atoms. The minimum atomic E-state index is -0.836. The van der Waals surface area contributed by atoms with Gasteiger partial charge in [-0.1, -0.05) is 37.6 Å². The van der Waals surface area contributed by atoms with Gasteiger partial charge in [0.1, 0.15) is 6.04 Å². The predicted molar refractivity (Wildman–Crippen MR) is 113 cm³/mol. The van der Waals surface area contributed by atoms with Gasteiger partial charge in [-0.25, -0.2) is 4.79 Å². The summed E-state index contributed by atoms with van der Waals surface area (Å²) >= 11 is 0. The van der Waals surface area contributed by atoms with Crippen LogP contribution < -0.4 is 5.32 Å². The number of hydrogen-bond acceptors (Lipinski definition) is 4. The van der Waals surface area contributed by atoms with E-state index in [2.05, 4.69) is 5.32 Å². The standard InChI is InChI=1S/C24H29NO4/c1-14(2)22(25-23(27)19-9-7-8-15(3)10-19)24(28)29-13-21(26)20-12-17(5)16(4)11-18(20)6/h7-12,14,22H,13H2,1-6H3,(H,25,27). The zero-order valence-electron chi connectivity index (χ0n) is 18.0. The van der Waals surface area contributed by atoms with E-state index in [-0.39, 0.29) is 24.2 Å². The number of ketones is 1. The Hall–Kier alpha value is -2.95. The molecule has 0 bridgehead atoms. The number of carbonyl (C=O) groups excluding carboxylic acids is 3. The molecule has 5 heteroatoms. The van der Waals surface area contributed by atoms with Crippen molar-refractivity contribution in [2.45, 2.75) is 47.6 Å². The van der Waals surface area contributed by atoms with Gasteiger partial charge < -0.3 is 10.1 Å². The van der Waals surface area contributed by atoms with E-state index >= 15 is 0 Å². The number of amides is 1. The van der Waals surface area contributed by atoms with Gasteiger partial charge in [0.2, 0.25) is 5.78 Å². The van der Waals surface area contributed by atoms with Crippen LogP contribution in [0.25, 0.3) is 0 Å². The molecular formula is C24H29NO4. The Bertz CT molecular complexity index is 930. The Labute approximate surface area is 172 Å². The fraction of sp³-hybridized carbons (Fsp3) is 0.375. The first-order chi connectivity index (χ1) is 13.6. The summed E-state index contributed by atoms with van der Waals surface area (Å²) in [5.74, 6) is -1.40. The van der Waals surface area contributed by atoms with E-state index in [4.69, 9.17) is 4.74 Å². The highest BCUT2D eigenvalue weighted by atomic mass is 16.5. The molecule has 1 unspecified atom stereocenters. The highest BCUT2D eigenvalue weighted by Crippen LogP contribution is 2.16. The van der Waals surface area contributed by atoms with Crippen molar-refractivity contribution in [1.82, 2.24) is 5.32 Å². The summed E-state index contributed by atoms with van der Waals surface area (Å²) in [7, 11) is 0. The van der Waals surface area contributed by atoms with Crippen LogP contribution in [0.3, 0.4) is 0 Å². The van der Waals surface area contributed by atoms with E-state index in [0.717, 1.165) is 22.3 Å². The number of benzene rings is 2. The summed E-state index contributed by atoms with van der Waals surface area (Å²) in [6.45, 7) is 11.0. The van der Waals surface area contributed by atoms with Crippen molar-refractivity contribution in [1.29, 1.82) is 0 Å². The van der Waals surface area contributed by atoms with E-state index in [0.29, 0.717) is 11.1 Å². The summed E-state index contributed by atoms with van der Waals surface area (Å²) < 4.78 is 5.26. The SMILES string of the molecule is Cc1cccc(C(=O)NC(C(=O)OCC(=O)c2cc(C)c(C)cc2C)C(C)C)c1. The van der Waals surface area contributed by atoms with Gasteiger partial charge in [0, 0.05) is 11.1 Å². The molecule has 0 spiro atoms. The maximum absolute atomic E-state index is 12.6. The molecule has 0 saturated carbocycles. The molecule has 0 aliphatic carbocycles. The van der Waals surface area contributed by atoms with Gasteiger partial charge in [-0.15, -0.1) is 0 Å². The Kier molecular flexibility index (Phi) is 7.32. The molecule has 2 aromatic rings. The molecule has 0 radical (unpaired) electrons. The third kappa shape index (κ3) is 5.76. The molecule has 0 aliphatic heterocycles. The summed E-state index contributed by atoms with van der Waals surface area (Å²) in [5, 5.41) is 2.73. The second-order valence-electron chi connectivity index (χ2n) is 7.85. The van der Waals surface area contributed by atoms with Gasteiger partial charge in [-0.3, -0.25) is 9.59 Å². The first-order valence-electron chi connectivity index (χ1n) is 9.75. The molecule has 1 atom stereocenters. The predicted octanol–water partition coefficient (Wildman–Crippen LogP) is 4.10. The number of aryl methyl sites for hydroxylation is 4. The maximum atomic E-state index is 12.6. The molecule has 1 amide bonds. The van der Waals surface area contributed by atoms with Gasteiger partial charge in [-0.2, -0.15) is 0 Å². The zero-order valence-corrected chi connectivity index (χ0v) is 18.0. The Balaban J connectivity index is 2.05. The lowest BCUT2D eigenvalue weighted by Crippen LogP contribution is -2.45. The van der Waals surface area contributed by atoms with Gasteiger partial charge in [0.15, 0.2) is 6.61 Å². The van der Waals surface area contributed by atoms with Crippen LogP contribution in [-0.2, 0) is 9.53 Å². The van der Waals surface area contributed by atoms with E-state index in [1.54, 1.807) is 18.2 Å². The third-order valence-corrected chi connectivity index (χ3v) is 4.97. The second kappa shape index (κ2) is 9.50. The smallest absolute Gasteiger partial charge is 0.329 e. The first kappa shape index (κ1) is 22.3. The number of ether oxygens (including phenoxy) is 1. The lowest BCUT2D eigenvalue weighted by atomic mass is 9.98. The van der Waals surface area contributed by atoms with E-state index in [1.807, 2.05) is 59.7 Å². The average Bonchev–Trinajstić information content (AvgIpc) is 2.66. The van der Waals surface area contributed by atoms with E-state index in [9.17, 15) is 14.4 Å². The summed E-state index contributed by atoms with van der Waals surface area (Å²) in [6.07, 6.45) is 0. The molecule has 2 aromatic carbocycles. The Morgan fingerprint density at radius 3 is 2.21 bits per heavy atom. The molecule has 0 heterocycles. The fourth-order valence-corrected chi connectivity index (χ4v) is 3.07. The number of rotatable bonds is 7. The van der Waals surface area contributed by atoms with Crippen molar-refractivity contribution in [2.75, 3.05) is 6.61 Å².